The Labute approximate surface area is 140 Å². The Morgan fingerprint density at radius 3 is 2.26 bits per heavy atom. The van der Waals surface area contributed by atoms with E-state index < -0.39 is 5.92 Å². The number of hydrogen-bond acceptors (Lipinski definition) is 3. The van der Waals surface area contributed by atoms with E-state index in [4.69, 9.17) is 4.74 Å². The molecule has 1 unspecified atom stereocenters. The maximum atomic E-state index is 12.2. The smallest absolute Gasteiger partial charge is 0.239 e. The van der Waals surface area contributed by atoms with E-state index in [-0.39, 0.29) is 5.91 Å². The highest BCUT2D eigenvalue weighted by atomic mass is 16.5. The minimum Gasteiger partial charge on any atom is -0.493 e. The minimum atomic E-state index is -0.571. The zero-order valence-electron chi connectivity index (χ0n) is 15.0. The summed E-state index contributed by atoms with van der Waals surface area (Å²) in [4.78, 5) is 13.9. The van der Waals surface area contributed by atoms with Crippen molar-refractivity contribution in [2.75, 3.05) is 19.7 Å². The maximum absolute atomic E-state index is 12.2. The molecule has 1 aromatic rings. The number of rotatable bonds is 8. The van der Waals surface area contributed by atoms with Crippen LogP contribution in [0.3, 0.4) is 0 Å². The van der Waals surface area contributed by atoms with Crippen LogP contribution < -0.4 is 4.74 Å². The Bertz CT molecular complexity index is 548. The van der Waals surface area contributed by atoms with Crippen molar-refractivity contribution in [2.45, 2.75) is 47.5 Å². The zero-order chi connectivity index (χ0) is 17.4. The molecule has 0 saturated heterocycles. The highest BCUT2D eigenvalue weighted by molar-refractivity contribution is 5.81. The molecule has 0 saturated carbocycles. The summed E-state index contributed by atoms with van der Waals surface area (Å²) in [5.74, 6) is 0.276. The van der Waals surface area contributed by atoms with Crippen LogP contribution in [-0.4, -0.2) is 30.5 Å². The summed E-state index contributed by atoms with van der Waals surface area (Å²) < 4.78 is 5.88. The van der Waals surface area contributed by atoms with E-state index in [1.807, 2.05) is 27.7 Å². The third kappa shape index (κ3) is 5.28. The normalized spacial score (nSPS) is 11.7. The predicted octanol–water partition coefficient (Wildman–Crippen LogP) is 3.78. The van der Waals surface area contributed by atoms with Gasteiger partial charge in [-0.1, -0.05) is 17.7 Å². The number of ether oxygens (including phenoxy) is 1. The predicted molar refractivity (Wildman–Crippen MR) is 92.4 cm³/mol. The molecule has 0 bridgehead atoms. The van der Waals surface area contributed by atoms with Gasteiger partial charge in [-0.15, -0.1) is 0 Å². The van der Waals surface area contributed by atoms with Crippen LogP contribution in [0.25, 0.3) is 0 Å². The lowest BCUT2D eigenvalue weighted by Crippen LogP contribution is -2.35. The van der Waals surface area contributed by atoms with E-state index in [1.54, 1.807) is 4.90 Å². The van der Waals surface area contributed by atoms with Crippen LogP contribution in [0.2, 0.25) is 0 Å². The summed E-state index contributed by atoms with van der Waals surface area (Å²) >= 11 is 0. The van der Waals surface area contributed by atoms with E-state index in [9.17, 15) is 10.1 Å². The summed E-state index contributed by atoms with van der Waals surface area (Å²) in [6, 6.07) is 6.34. The van der Waals surface area contributed by atoms with Gasteiger partial charge in [-0.05, 0) is 58.6 Å². The quantitative estimate of drug-likeness (QED) is 0.686. The molecule has 0 fully saturated rings. The standard InChI is InChI=1S/C19H28N2O2/c1-6-21(7-2)19(22)17(13-20)9-8-10-23-18-15(4)11-14(3)12-16(18)5/h11-12,17H,6-10H2,1-5H3. The molecule has 1 atom stereocenters. The Morgan fingerprint density at radius 1 is 1.22 bits per heavy atom. The largest absolute Gasteiger partial charge is 0.493 e. The van der Waals surface area contributed by atoms with Gasteiger partial charge >= 0.3 is 0 Å². The zero-order valence-corrected chi connectivity index (χ0v) is 15.0. The fraction of sp³-hybridized carbons (Fsp3) is 0.579. The molecule has 1 amide bonds. The SMILES string of the molecule is CCN(CC)C(=O)C(C#N)CCCOc1c(C)cc(C)cc1C. The molecule has 1 rings (SSSR count). The van der Waals surface area contributed by atoms with Crippen molar-refractivity contribution in [3.8, 4) is 11.8 Å². The van der Waals surface area contributed by atoms with Gasteiger partial charge in [0, 0.05) is 13.1 Å². The number of amides is 1. The van der Waals surface area contributed by atoms with Gasteiger partial charge in [0.1, 0.15) is 11.7 Å². The molecule has 0 heterocycles. The molecule has 0 N–H and O–H groups in total. The summed E-state index contributed by atoms with van der Waals surface area (Å²) in [5.41, 5.74) is 3.47. The van der Waals surface area contributed by atoms with Crippen LogP contribution in [-0.2, 0) is 4.79 Å². The van der Waals surface area contributed by atoms with E-state index in [1.165, 1.54) is 5.56 Å². The topological polar surface area (TPSA) is 53.3 Å². The van der Waals surface area contributed by atoms with E-state index in [2.05, 4.69) is 25.1 Å². The van der Waals surface area contributed by atoms with Crippen molar-refractivity contribution in [1.82, 2.24) is 4.90 Å². The Hall–Kier alpha value is -2.02. The third-order valence-electron chi connectivity index (χ3n) is 4.02. The van der Waals surface area contributed by atoms with Crippen molar-refractivity contribution in [1.29, 1.82) is 5.26 Å². The number of carbonyl (C=O) groups is 1. The summed E-state index contributed by atoms with van der Waals surface area (Å²) in [7, 11) is 0. The number of nitriles is 1. The molecule has 4 nitrogen and oxygen atoms in total. The summed E-state index contributed by atoms with van der Waals surface area (Å²) in [6.07, 6.45) is 1.23. The molecular weight excluding hydrogens is 288 g/mol. The van der Waals surface area contributed by atoms with Gasteiger partial charge in [-0.2, -0.15) is 5.26 Å². The average molecular weight is 316 g/mol. The fourth-order valence-electron chi connectivity index (χ4n) is 2.86. The Balaban J connectivity index is 2.54. The average Bonchev–Trinajstić information content (AvgIpc) is 2.50. The number of aryl methyl sites for hydroxylation is 3. The minimum absolute atomic E-state index is 0.0693. The monoisotopic (exact) mass is 316 g/mol. The van der Waals surface area contributed by atoms with Gasteiger partial charge in [0.2, 0.25) is 5.91 Å². The number of hydrogen-bond donors (Lipinski definition) is 0. The van der Waals surface area contributed by atoms with Gasteiger partial charge in [-0.3, -0.25) is 4.79 Å². The van der Waals surface area contributed by atoms with Gasteiger partial charge < -0.3 is 9.64 Å². The molecule has 0 spiro atoms. The van der Waals surface area contributed by atoms with Crippen LogP contribution in [0.15, 0.2) is 12.1 Å². The first kappa shape index (κ1) is 19.0. The first-order chi connectivity index (χ1) is 10.9. The lowest BCUT2D eigenvalue weighted by atomic mass is 10.0. The highest BCUT2D eigenvalue weighted by Gasteiger charge is 2.21. The number of nitrogens with zero attached hydrogens (tertiary/aromatic N) is 2. The molecule has 0 aliphatic heterocycles. The van der Waals surface area contributed by atoms with E-state index in [0.29, 0.717) is 32.5 Å². The second-order valence-electron chi connectivity index (χ2n) is 5.91. The third-order valence-corrected chi connectivity index (χ3v) is 4.02. The van der Waals surface area contributed by atoms with Crippen molar-refractivity contribution < 1.29 is 9.53 Å². The second kappa shape index (κ2) is 9.19. The maximum Gasteiger partial charge on any atom is 0.239 e. The van der Waals surface area contributed by atoms with Crippen molar-refractivity contribution in [3.63, 3.8) is 0 Å². The highest BCUT2D eigenvalue weighted by Crippen LogP contribution is 2.25. The molecule has 23 heavy (non-hydrogen) atoms. The molecule has 0 aromatic heterocycles. The molecule has 0 aliphatic carbocycles. The van der Waals surface area contributed by atoms with Gasteiger partial charge in [0.05, 0.1) is 12.7 Å². The molecule has 0 aliphatic rings. The van der Waals surface area contributed by atoms with Gasteiger partial charge in [-0.25, -0.2) is 0 Å². The van der Waals surface area contributed by atoms with Crippen LogP contribution in [0.5, 0.6) is 5.75 Å². The molecule has 4 heteroatoms. The Morgan fingerprint density at radius 2 is 1.78 bits per heavy atom. The van der Waals surface area contributed by atoms with Crippen LogP contribution in [0, 0.1) is 38.0 Å². The molecule has 0 radical (unpaired) electrons. The summed E-state index contributed by atoms with van der Waals surface area (Å²) in [5, 5.41) is 9.23. The van der Waals surface area contributed by atoms with Crippen molar-refractivity contribution in [2.24, 2.45) is 5.92 Å². The first-order valence-electron chi connectivity index (χ1n) is 8.33. The number of carbonyl (C=O) groups excluding carboxylic acids is 1. The van der Waals surface area contributed by atoms with Crippen molar-refractivity contribution in [3.05, 3.63) is 28.8 Å². The van der Waals surface area contributed by atoms with Gasteiger partial charge in [0.15, 0.2) is 0 Å². The first-order valence-corrected chi connectivity index (χ1v) is 8.33. The number of benzene rings is 1. The van der Waals surface area contributed by atoms with Crippen LogP contribution >= 0.6 is 0 Å². The fourth-order valence-corrected chi connectivity index (χ4v) is 2.86. The molecular formula is C19H28N2O2. The van der Waals surface area contributed by atoms with E-state index >= 15 is 0 Å². The Kier molecular flexibility index (Phi) is 7.61. The lowest BCUT2D eigenvalue weighted by Gasteiger charge is -2.21. The molecule has 126 valence electrons. The van der Waals surface area contributed by atoms with Gasteiger partial charge in [0.25, 0.3) is 0 Å². The van der Waals surface area contributed by atoms with Crippen LogP contribution in [0.1, 0.15) is 43.4 Å². The van der Waals surface area contributed by atoms with Crippen LogP contribution in [0.4, 0.5) is 0 Å². The lowest BCUT2D eigenvalue weighted by molar-refractivity contribution is -0.133. The van der Waals surface area contributed by atoms with E-state index in [0.717, 1.165) is 16.9 Å². The molecule has 1 aromatic carbocycles. The summed E-state index contributed by atoms with van der Waals surface area (Å²) in [6.45, 7) is 11.8. The second-order valence-corrected chi connectivity index (χ2v) is 5.91. The van der Waals surface area contributed by atoms with Crippen molar-refractivity contribution >= 4 is 5.91 Å².